The van der Waals surface area contributed by atoms with Crippen LogP contribution in [0.15, 0.2) is 30.3 Å². The molecular weight excluding hydrogens is 340 g/mol. The van der Waals surface area contributed by atoms with E-state index in [0.717, 1.165) is 37.1 Å². The van der Waals surface area contributed by atoms with Crippen molar-refractivity contribution in [3.05, 3.63) is 35.9 Å². The van der Waals surface area contributed by atoms with E-state index in [4.69, 9.17) is 5.73 Å². The maximum absolute atomic E-state index is 12.0. The first-order valence-electron chi connectivity index (χ1n) is 10.0. The van der Waals surface area contributed by atoms with Crippen LogP contribution in [0, 0.1) is 0 Å². The number of amides is 1. The van der Waals surface area contributed by atoms with Crippen LogP contribution in [0.3, 0.4) is 0 Å². The molecule has 150 valence electrons. The van der Waals surface area contributed by atoms with Gasteiger partial charge in [-0.25, -0.2) is 4.79 Å². The third-order valence-corrected chi connectivity index (χ3v) is 4.42. The molecule has 27 heavy (non-hydrogen) atoms. The van der Waals surface area contributed by atoms with Gasteiger partial charge in [-0.3, -0.25) is 4.79 Å². The lowest BCUT2D eigenvalue weighted by Gasteiger charge is -2.06. The van der Waals surface area contributed by atoms with Crippen LogP contribution in [0.1, 0.15) is 69.8 Å². The van der Waals surface area contributed by atoms with Crippen LogP contribution in [-0.4, -0.2) is 25.5 Å². The van der Waals surface area contributed by atoms with E-state index in [1.807, 2.05) is 24.3 Å². The van der Waals surface area contributed by atoms with Crippen LogP contribution < -0.4 is 11.1 Å². The van der Waals surface area contributed by atoms with Crippen LogP contribution in [0.4, 0.5) is 5.69 Å². The molecular formula is C22H34N2O3. The zero-order valence-corrected chi connectivity index (χ0v) is 16.5. The average molecular weight is 375 g/mol. The van der Waals surface area contributed by atoms with Crippen molar-refractivity contribution in [2.45, 2.75) is 64.2 Å². The summed E-state index contributed by atoms with van der Waals surface area (Å²) in [6.45, 7) is 0.804. The Morgan fingerprint density at radius 1 is 0.926 bits per heavy atom. The molecule has 0 aliphatic heterocycles. The van der Waals surface area contributed by atoms with Gasteiger partial charge in [-0.1, -0.05) is 57.1 Å². The van der Waals surface area contributed by atoms with Gasteiger partial charge in [0.15, 0.2) is 0 Å². The second kappa shape index (κ2) is 15.0. The number of methoxy groups -OCH3 is 1. The molecule has 0 heterocycles. The number of nitrogens with two attached hydrogens (primary N) is 1. The second-order valence-electron chi connectivity index (χ2n) is 6.75. The largest absolute Gasteiger partial charge is 0.466 e. The molecule has 5 nitrogen and oxygen atoms in total. The predicted octanol–water partition coefficient (Wildman–Crippen LogP) is 4.67. The van der Waals surface area contributed by atoms with E-state index in [9.17, 15) is 9.59 Å². The molecule has 1 rings (SSSR count). The third kappa shape index (κ3) is 12.0. The van der Waals surface area contributed by atoms with E-state index in [-0.39, 0.29) is 11.9 Å². The van der Waals surface area contributed by atoms with Gasteiger partial charge in [-0.2, -0.15) is 0 Å². The molecule has 0 radical (unpaired) electrons. The normalized spacial score (nSPS) is 10.9. The standard InChI is InChI=1S/C22H34N2O3/c1-27-22(26)17-14-19-12-15-20(16-13-19)24-21(25)11-9-7-5-3-2-4-6-8-10-18-23/h12-17H,2-11,18,23H2,1H3,(H,24,25)/b17-14+. The van der Waals surface area contributed by atoms with Crippen molar-refractivity contribution in [2.75, 3.05) is 19.0 Å². The van der Waals surface area contributed by atoms with Gasteiger partial charge in [0, 0.05) is 18.2 Å². The van der Waals surface area contributed by atoms with Gasteiger partial charge in [0.2, 0.25) is 5.91 Å². The molecule has 0 atom stereocenters. The number of carbonyl (C=O) groups is 2. The van der Waals surface area contributed by atoms with Gasteiger partial charge >= 0.3 is 5.97 Å². The molecule has 0 saturated heterocycles. The fourth-order valence-corrected chi connectivity index (χ4v) is 2.80. The molecule has 0 unspecified atom stereocenters. The number of esters is 1. The maximum Gasteiger partial charge on any atom is 0.330 e. The minimum absolute atomic E-state index is 0.0506. The molecule has 3 N–H and O–H groups in total. The van der Waals surface area contributed by atoms with Crippen LogP contribution >= 0.6 is 0 Å². The Kier molecular flexibility index (Phi) is 12.7. The number of anilines is 1. The fourth-order valence-electron chi connectivity index (χ4n) is 2.80. The van der Waals surface area contributed by atoms with Crippen LogP contribution in [-0.2, 0) is 14.3 Å². The quantitative estimate of drug-likeness (QED) is 0.282. The lowest BCUT2D eigenvalue weighted by Crippen LogP contribution is -2.10. The number of hydrogen-bond donors (Lipinski definition) is 2. The van der Waals surface area contributed by atoms with E-state index in [1.165, 1.54) is 51.7 Å². The Hall–Kier alpha value is -2.14. The molecule has 0 fully saturated rings. The van der Waals surface area contributed by atoms with E-state index >= 15 is 0 Å². The van der Waals surface area contributed by atoms with Crippen molar-refractivity contribution in [1.29, 1.82) is 0 Å². The minimum Gasteiger partial charge on any atom is -0.466 e. The van der Waals surface area contributed by atoms with Crippen molar-refractivity contribution in [2.24, 2.45) is 5.73 Å². The van der Waals surface area contributed by atoms with Crippen molar-refractivity contribution in [1.82, 2.24) is 0 Å². The number of unbranched alkanes of at least 4 members (excludes halogenated alkanes) is 8. The second-order valence-corrected chi connectivity index (χ2v) is 6.75. The molecule has 0 aliphatic carbocycles. The SMILES string of the molecule is COC(=O)/C=C/c1ccc(NC(=O)CCCCCCCCCCCN)cc1. The number of carbonyl (C=O) groups excluding carboxylic acids is 2. The summed E-state index contributed by atoms with van der Waals surface area (Å²) in [6.07, 6.45) is 14.4. The summed E-state index contributed by atoms with van der Waals surface area (Å²) in [5.74, 6) is -0.339. The van der Waals surface area contributed by atoms with E-state index in [0.29, 0.717) is 6.42 Å². The third-order valence-electron chi connectivity index (χ3n) is 4.42. The number of hydrogen-bond acceptors (Lipinski definition) is 4. The van der Waals surface area contributed by atoms with Gasteiger partial charge in [-0.05, 0) is 43.2 Å². The molecule has 1 aromatic carbocycles. The average Bonchev–Trinajstić information content (AvgIpc) is 2.68. The Labute approximate surface area is 163 Å². The first-order chi connectivity index (χ1) is 13.2. The number of benzene rings is 1. The Morgan fingerprint density at radius 2 is 1.48 bits per heavy atom. The topological polar surface area (TPSA) is 81.4 Å². The van der Waals surface area contributed by atoms with Crippen molar-refractivity contribution in [3.63, 3.8) is 0 Å². The summed E-state index contributed by atoms with van der Waals surface area (Å²) in [5.41, 5.74) is 7.13. The highest BCUT2D eigenvalue weighted by Gasteiger charge is 2.02. The maximum atomic E-state index is 12.0. The molecule has 1 aromatic rings. The molecule has 0 aromatic heterocycles. The van der Waals surface area contributed by atoms with Gasteiger partial charge < -0.3 is 15.8 Å². The molecule has 0 spiro atoms. The summed E-state index contributed by atoms with van der Waals surface area (Å²) in [6, 6.07) is 7.37. The van der Waals surface area contributed by atoms with Crippen LogP contribution in [0.25, 0.3) is 6.08 Å². The Bertz CT molecular complexity index is 567. The first kappa shape index (κ1) is 22.9. The van der Waals surface area contributed by atoms with Gasteiger partial charge in [0.05, 0.1) is 7.11 Å². The lowest BCUT2D eigenvalue weighted by atomic mass is 10.1. The van der Waals surface area contributed by atoms with Crippen molar-refractivity contribution in [3.8, 4) is 0 Å². The molecule has 0 saturated carbocycles. The molecule has 0 bridgehead atoms. The summed E-state index contributed by atoms with van der Waals surface area (Å²) < 4.78 is 4.55. The summed E-state index contributed by atoms with van der Waals surface area (Å²) in [5, 5.41) is 2.91. The zero-order valence-electron chi connectivity index (χ0n) is 16.5. The monoisotopic (exact) mass is 374 g/mol. The summed E-state index contributed by atoms with van der Waals surface area (Å²) in [7, 11) is 1.34. The molecule has 5 heteroatoms. The van der Waals surface area contributed by atoms with Crippen LogP contribution in [0.2, 0.25) is 0 Å². The Balaban J connectivity index is 2.11. The Morgan fingerprint density at radius 3 is 2.04 bits per heavy atom. The van der Waals surface area contributed by atoms with Crippen molar-refractivity contribution >= 4 is 23.6 Å². The number of nitrogens with one attached hydrogen (secondary N) is 1. The fraction of sp³-hybridized carbons (Fsp3) is 0.545. The van der Waals surface area contributed by atoms with Gasteiger partial charge in [0.1, 0.15) is 0 Å². The van der Waals surface area contributed by atoms with E-state index in [1.54, 1.807) is 6.08 Å². The smallest absolute Gasteiger partial charge is 0.330 e. The van der Waals surface area contributed by atoms with Crippen LogP contribution in [0.5, 0.6) is 0 Å². The summed E-state index contributed by atoms with van der Waals surface area (Å²) in [4.78, 5) is 23.1. The minimum atomic E-state index is -0.390. The molecule has 0 aliphatic rings. The van der Waals surface area contributed by atoms with Crippen molar-refractivity contribution < 1.29 is 14.3 Å². The summed E-state index contributed by atoms with van der Waals surface area (Å²) >= 11 is 0. The van der Waals surface area contributed by atoms with Gasteiger partial charge in [-0.15, -0.1) is 0 Å². The lowest BCUT2D eigenvalue weighted by molar-refractivity contribution is -0.134. The predicted molar refractivity (Wildman–Crippen MR) is 111 cm³/mol. The first-order valence-corrected chi connectivity index (χ1v) is 10.0. The number of rotatable bonds is 14. The molecule has 1 amide bonds. The van der Waals surface area contributed by atoms with Gasteiger partial charge in [0.25, 0.3) is 0 Å². The highest BCUT2D eigenvalue weighted by atomic mass is 16.5. The van der Waals surface area contributed by atoms with E-state index < -0.39 is 0 Å². The number of ether oxygens (including phenoxy) is 1. The zero-order chi connectivity index (χ0) is 19.7. The highest BCUT2D eigenvalue weighted by molar-refractivity contribution is 5.91. The highest BCUT2D eigenvalue weighted by Crippen LogP contribution is 2.13. The van der Waals surface area contributed by atoms with E-state index in [2.05, 4.69) is 10.1 Å².